The van der Waals surface area contributed by atoms with Gasteiger partial charge in [0.25, 0.3) is 0 Å². The molecule has 2 aromatic rings. The maximum absolute atomic E-state index is 11.3. The van der Waals surface area contributed by atoms with Crippen LogP contribution in [-0.4, -0.2) is 28.6 Å². The zero-order valence-corrected chi connectivity index (χ0v) is 10.4. The van der Waals surface area contributed by atoms with Crippen LogP contribution in [0.5, 0.6) is 0 Å². The molecule has 5 nitrogen and oxygen atoms in total. The Morgan fingerprint density at radius 2 is 2.11 bits per heavy atom. The first-order valence-corrected chi connectivity index (χ1v) is 6.31. The number of aliphatic carboxylic acids is 1. The lowest BCUT2D eigenvalue weighted by Gasteiger charge is -2.24. The fraction of sp³-hybridized carbons (Fsp3) is 0.286. The first-order chi connectivity index (χ1) is 9.18. The van der Waals surface area contributed by atoms with E-state index in [-0.39, 0.29) is 0 Å². The van der Waals surface area contributed by atoms with Crippen LogP contribution >= 0.6 is 0 Å². The molecule has 0 radical (unpaired) electrons. The molecule has 98 valence electrons. The summed E-state index contributed by atoms with van der Waals surface area (Å²) in [7, 11) is 0. The minimum atomic E-state index is -0.791. The smallest absolute Gasteiger partial charge is 0.326 e. The third kappa shape index (κ3) is 1.87. The molecule has 5 heteroatoms. The number of carbonyl (C=O) groups is 1. The van der Waals surface area contributed by atoms with Crippen LogP contribution in [0.3, 0.4) is 0 Å². The summed E-state index contributed by atoms with van der Waals surface area (Å²) in [4.78, 5) is 17.5. The van der Waals surface area contributed by atoms with Gasteiger partial charge in [-0.15, -0.1) is 0 Å². The molecule has 1 atom stereocenters. The van der Waals surface area contributed by atoms with Crippen LogP contribution in [0, 0.1) is 0 Å². The Hall–Kier alpha value is -2.30. The normalized spacial score (nSPS) is 18.9. The fourth-order valence-electron chi connectivity index (χ4n) is 2.71. The molecule has 0 bridgehead atoms. The maximum atomic E-state index is 11.3. The second kappa shape index (κ2) is 4.42. The highest BCUT2D eigenvalue weighted by atomic mass is 16.4. The molecule has 19 heavy (non-hydrogen) atoms. The number of nitrogen functional groups attached to an aromatic ring is 1. The average molecular weight is 257 g/mol. The summed E-state index contributed by atoms with van der Waals surface area (Å²) >= 11 is 0. The largest absolute Gasteiger partial charge is 0.480 e. The molecule has 1 aliphatic heterocycles. The molecule has 1 aliphatic rings. The molecule has 0 saturated carbocycles. The number of pyridine rings is 1. The van der Waals surface area contributed by atoms with Gasteiger partial charge in [-0.2, -0.15) is 0 Å². The summed E-state index contributed by atoms with van der Waals surface area (Å²) in [5.74, 6) is -0.0742. The van der Waals surface area contributed by atoms with E-state index >= 15 is 0 Å². The molecule has 3 N–H and O–H groups in total. The molecule has 3 rings (SSSR count). The second-order valence-electron chi connectivity index (χ2n) is 4.77. The Labute approximate surface area is 110 Å². The minimum absolute atomic E-state index is 0.487. The van der Waals surface area contributed by atoms with Gasteiger partial charge in [0.05, 0.1) is 11.9 Å². The molecule has 0 spiro atoms. The summed E-state index contributed by atoms with van der Waals surface area (Å²) in [6.45, 7) is 0.720. The lowest BCUT2D eigenvalue weighted by molar-refractivity contribution is -0.138. The van der Waals surface area contributed by atoms with Crippen molar-refractivity contribution in [2.45, 2.75) is 18.9 Å². The van der Waals surface area contributed by atoms with Gasteiger partial charge >= 0.3 is 5.97 Å². The van der Waals surface area contributed by atoms with Gasteiger partial charge < -0.3 is 15.7 Å². The Balaban J connectivity index is 2.15. The van der Waals surface area contributed by atoms with Crippen molar-refractivity contribution in [3.63, 3.8) is 0 Å². The number of carboxylic acids is 1. The van der Waals surface area contributed by atoms with Crippen LogP contribution in [0.2, 0.25) is 0 Å². The van der Waals surface area contributed by atoms with E-state index in [0.29, 0.717) is 12.1 Å². The van der Waals surface area contributed by atoms with Crippen molar-refractivity contribution in [1.29, 1.82) is 0 Å². The summed E-state index contributed by atoms with van der Waals surface area (Å²) in [6.07, 6.45) is 3.14. The van der Waals surface area contributed by atoms with Crippen LogP contribution < -0.4 is 10.6 Å². The summed E-state index contributed by atoms with van der Waals surface area (Å²) in [5.41, 5.74) is 6.54. The number of rotatable bonds is 2. The van der Waals surface area contributed by atoms with E-state index in [1.807, 2.05) is 29.2 Å². The van der Waals surface area contributed by atoms with E-state index in [9.17, 15) is 9.90 Å². The number of hydrogen-bond acceptors (Lipinski definition) is 4. The quantitative estimate of drug-likeness (QED) is 0.858. The van der Waals surface area contributed by atoms with Gasteiger partial charge in [-0.05, 0) is 12.8 Å². The van der Waals surface area contributed by atoms with Crippen molar-refractivity contribution in [3.8, 4) is 0 Å². The highest BCUT2D eigenvalue weighted by molar-refractivity contribution is 6.00. The summed E-state index contributed by atoms with van der Waals surface area (Å²) in [5, 5.41) is 11.1. The van der Waals surface area contributed by atoms with Gasteiger partial charge in [0.2, 0.25) is 0 Å². The van der Waals surface area contributed by atoms with Crippen LogP contribution in [0.4, 0.5) is 11.5 Å². The number of benzene rings is 1. The van der Waals surface area contributed by atoms with Gasteiger partial charge in [0.1, 0.15) is 11.9 Å². The molecular weight excluding hydrogens is 242 g/mol. The average Bonchev–Trinajstić information content (AvgIpc) is 2.89. The Kier molecular flexibility index (Phi) is 2.74. The van der Waals surface area contributed by atoms with E-state index < -0.39 is 12.0 Å². The number of nitrogens with zero attached hydrogens (tertiary/aromatic N) is 2. The SMILES string of the molecule is Nc1cnc(N2CCC[C@H]2C(=O)O)c2ccccc12. The lowest BCUT2D eigenvalue weighted by atomic mass is 10.1. The van der Waals surface area contributed by atoms with Crippen LogP contribution in [-0.2, 0) is 4.79 Å². The second-order valence-corrected chi connectivity index (χ2v) is 4.77. The Morgan fingerprint density at radius 3 is 2.84 bits per heavy atom. The molecule has 1 aromatic carbocycles. The minimum Gasteiger partial charge on any atom is -0.480 e. The molecule has 0 unspecified atom stereocenters. The van der Waals surface area contributed by atoms with E-state index in [1.54, 1.807) is 6.20 Å². The Morgan fingerprint density at radius 1 is 1.37 bits per heavy atom. The van der Waals surface area contributed by atoms with Gasteiger partial charge in [0, 0.05) is 17.3 Å². The number of carboxylic acid groups (broad SMARTS) is 1. The third-order valence-electron chi connectivity index (χ3n) is 3.61. The van der Waals surface area contributed by atoms with E-state index in [1.165, 1.54) is 0 Å². The summed E-state index contributed by atoms with van der Waals surface area (Å²) < 4.78 is 0. The van der Waals surface area contributed by atoms with Crippen LogP contribution in [0.15, 0.2) is 30.5 Å². The first-order valence-electron chi connectivity index (χ1n) is 6.31. The van der Waals surface area contributed by atoms with Crippen molar-refractivity contribution < 1.29 is 9.90 Å². The van der Waals surface area contributed by atoms with Crippen molar-refractivity contribution in [2.24, 2.45) is 0 Å². The summed E-state index contributed by atoms with van der Waals surface area (Å²) in [6, 6.07) is 7.21. The molecule has 1 aromatic heterocycles. The predicted octanol–water partition coefficient (Wildman–Crippen LogP) is 1.87. The van der Waals surface area contributed by atoms with E-state index in [4.69, 9.17) is 5.73 Å². The van der Waals surface area contributed by atoms with Crippen molar-refractivity contribution >= 4 is 28.2 Å². The number of fused-ring (bicyclic) bond motifs is 1. The molecule has 2 heterocycles. The zero-order chi connectivity index (χ0) is 13.4. The third-order valence-corrected chi connectivity index (χ3v) is 3.61. The molecule has 1 fully saturated rings. The van der Waals surface area contributed by atoms with E-state index in [2.05, 4.69) is 4.98 Å². The highest BCUT2D eigenvalue weighted by Crippen LogP contribution is 2.32. The lowest BCUT2D eigenvalue weighted by Crippen LogP contribution is -2.36. The molecule has 0 amide bonds. The number of anilines is 2. The van der Waals surface area contributed by atoms with Crippen molar-refractivity contribution in [2.75, 3.05) is 17.2 Å². The monoisotopic (exact) mass is 257 g/mol. The van der Waals surface area contributed by atoms with Crippen molar-refractivity contribution in [3.05, 3.63) is 30.5 Å². The first kappa shape index (κ1) is 11.8. The molecule has 1 saturated heterocycles. The van der Waals surface area contributed by atoms with Crippen LogP contribution in [0.25, 0.3) is 10.8 Å². The standard InChI is InChI=1S/C14H15N3O2/c15-11-8-16-13(10-5-2-1-4-9(10)11)17-7-3-6-12(17)14(18)19/h1-2,4-5,8,12H,3,6-7,15H2,(H,18,19)/t12-/m0/s1. The molecular formula is C14H15N3O2. The van der Waals surface area contributed by atoms with Gasteiger partial charge in [-0.3, -0.25) is 0 Å². The van der Waals surface area contributed by atoms with Gasteiger partial charge in [0.15, 0.2) is 0 Å². The van der Waals surface area contributed by atoms with Crippen LogP contribution in [0.1, 0.15) is 12.8 Å². The highest BCUT2D eigenvalue weighted by Gasteiger charge is 2.32. The predicted molar refractivity (Wildman–Crippen MR) is 74.2 cm³/mol. The number of hydrogen-bond donors (Lipinski definition) is 2. The van der Waals surface area contributed by atoms with E-state index in [0.717, 1.165) is 29.6 Å². The topological polar surface area (TPSA) is 79.5 Å². The number of aromatic nitrogens is 1. The zero-order valence-electron chi connectivity index (χ0n) is 10.4. The fourth-order valence-corrected chi connectivity index (χ4v) is 2.71. The van der Waals surface area contributed by atoms with Gasteiger partial charge in [-0.25, -0.2) is 9.78 Å². The van der Waals surface area contributed by atoms with Gasteiger partial charge in [-0.1, -0.05) is 24.3 Å². The Bertz CT molecular complexity index is 642. The maximum Gasteiger partial charge on any atom is 0.326 e. The number of nitrogens with two attached hydrogens (primary N) is 1. The van der Waals surface area contributed by atoms with Crippen molar-refractivity contribution in [1.82, 2.24) is 4.98 Å². The molecule has 0 aliphatic carbocycles.